The molecule has 0 saturated heterocycles. The summed E-state index contributed by atoms with van der Waals surface area (Å²) in [5, 5.41) is 6.19. The first-order chi connectivity index (χ1) is 15.5. The van der Waals surface area contributed by atoms with Crippen LogP contribution in [0.4, 0.5) is 5.69 Å². The molecule has 3 aromatic rings. The Bertz CT molecular complexity index is 1160. The van der Waals surface area contributed by atoms with Gasteiger partial charge >= 0.3 is 0 Å². The maximum absolute atomic E-state index is 12.7. The van der Waals surface area contributed by atoms with Crippen LogP contribution in [0.3, 0.4) is 0 Å². The van der Waals surface area contributed by atoms with Gasteiger partial charge in [0.1, 0.15) is 5.75 Å². The molecule has 1 aliphatic heterocycles. The van der Waals surface area contributed by atoms with E-state index in [1.165, 1.54) is 0 Å². The molecule has 4 rings (SSSR count). The summed E-state index contributed by atoms with van der Waals surface area (Å²) >= 11 is 5.94. The summed E-state index contributed by atoms with van der Waals surface area (Å²) in [4.78, 5) is 25.2. The Morgan fingerprint density at radius 3 is 2.69 bits per heavy atom. The fourth-order valence-electron chi connectivity index (χ4n) is 3.22. The zero-order chi connectivity index (χ0) is 22.5. The van der Waals surface area contributed by atoms with E-state index < -0.39 is 0 Å². The summed E-state index contributed by atoms with van der Waals surface area (Å²) in [5.74, 6) is 1.21. The molecule has 2 N–H and O–H groups in total. The third kappa shape index (κ3) is 5.12. The van der Waals surface area contributed by atoms with Gasteiger partial charge in [-0.1, -0.05) is 29.8 Å². The van der Waals surface area contributed by atoms with E-state index in [1.54, 1.807) is 48.5 Å². The molecule has 1 heterocycles. The molecule has 0 spiro atoms. The van der Waals surface area contributed by atoms with Gasteiger partial charge in [-0.05, 0) is 60.5 Å². The van der Waals surface area contributed by atoms with Gasteiger partial charge in [-0.25, -0.2) is 0 Å². The predicted octanol–water partition coefficient (Wildman–Crippen LogP) is 4.32. The number of amides is 2. The molecule has 0 bridgehead atoms. The third-order valence-corrected chi connectivity index (χ3v) is 5.07. The molecule has 0 radical (unpaired) electrons. The van der Waals surface area contributed by atoms with Crippen LogP contribution in [-0.2, 0) is 11.3 Å². The summed E-state index contributed by atoms with van der Waals surface area (Å²) in [6, 6.07) is 17.5. The number of aryl methyl sites for hydroxylation is 1. The van der Waals surface area contributed by atoms with E-state index in [2.05, 4.69) is 10.6 Å². The van der Waals surface area contributed by atoms with E-state index in [4.69, 9.17) is 25.8 Å². The number of benzene rings is 3. The van der Waals surface area contributed by atoms with Gasteiger partial charge in [-0.15, -0.1) is 0 Å². The van der Waals surface area contributed by atoms with Gasteiger partial charge in [0.25, 0.3) is 11.8 Å². The quantitative estimate of drug-likeness (QED) is 0.557. The van der Waals surface area contributed by atoms with E-state index in [-0.39, 0.29) is 25.2 Å². The fourth-order valence-corrected chi connectivity index (χ4v) is 3.45. The maximum atomic E-state index is 12.7. The third-order valence-electron chi connectivity index (χ3n) is 4.83. The SMILES string of the molecule is Cc1cc(Cl)ccc1OCC(=O)Nc1ccccc1C(=O)NCc1ccc2c(c1)OCO2. The van der Waals surface area contributed by atoms with Gasteiger partial charge in [-0.3, -0.25) is 9.59 Å². The Balaban J connectivity index is 1.36. The Morgan fingerprint density at radius 2 is 1.84 bits per heavy atom. The van der Waals surface area contributed by atoms with E-state index in [0.717, 1.165) is 11.1 Å². The van der Waals surface area contributed by atoms with Gasteiger partial charge in [0.15, 0.2) is 18.1 Å². The van der Waals surface area contributed by atoms with Crippen molar-refractivity contribution in [2.45, 2.75) is 13.5 Å². The second kappa shape index (κ2) is 9.62. The van der Waals surface area contributed by atoms with Crippen molar-refractivity contribution in [2.24, 2.45) is 0 Å². The highest BCUT2D eigenvalue weighted by atomic mass is 35.5. The van der Waals surface area contributed by atoms with Crippen LogP contribution in [0.1, 0.15) is 21.5 Å². The number of para-hydroxylation sites is 1. The van der Waals surface area contributed by atoms with Crippen LogP contribution in [0.2, 0.25) is 5.02 Å². The average molecular weight is 453 g/mol. The number of hydrogen-bond acceptors (Lipinski definition) is 5. The molecule has 0 atom stereocenters. The number of rotatable bonds is 7. The molecule has 0 aromatic heterocycles. The van der Waals surface area contributed by atoms with Crippen molar-refractivity contribution in [3.63, 3.8) is 0 Å². The minimum Gasteiger partial charge on any atom is -0.483 e. The van der Waals surface area contributed by atoms with Crippen LogP contribution in [0, 0.1) is 6.92 Å². The smallest absolute Gasteiger partial charge is 0.262 e. The molecule has 8 heteroatoms. The number of nitrogens with one attached hydrogen (secondary N) is 2. The molecule has 0 saturated carbocycles. The standard InChI is InChI=1S/C24H21ClN2O5/c1-15-10-17(25)7-9-20(15)30-13-23(28)27-19-5-3-2-4-18(19)24(29)26-12-16-6-8-21-22(11-16)32-14-31-21/h2-11H,12-14H2,1H3,(H,26,29)(H,27,28). The van der Waals surface area contributed by atoms with E-state index in [9.17, 15) is 9.59 Å². The minimum absolute atomic E-state index is 0.194. The molecule has 0 fully saturated rings. The van der Waals surface area contributed by atoms with Crippen molar-refractivity contribution < 1.29 is 23.8 Å². The summed E-state index contributed by atoms with van der Waals surface area (Å²) in [5.41, 5.74) is 2.45. The number of fused-ring (bicyclic) bond motifs is 1. The van der Waals surface area contributed by atoms with Crippen molar-refractivity contribution >= 4 is 29.1 Å². The van der Waals surface area contributed by atoms with Gasteiger partial charge in [0.2, 0.25) is 6.79 Å². The Kier molecular flexibility index (Phi) is 6.47. The Hall–Kier alpha value is -3.71. The van der Waals surface area contributed by atoms with E-state index in [1.807, 2.05) is 19.1 Å². The second-order valence-corrected chi connectivity index (χ2v) is 7.60. The predicted molar refractivity (Wildman–Crippen MR) is 120 cm³/mol. The summed E-state index contributed by atoms with van der Waals surface area (Å²) < 4.78 is 16.2. The molecule has 164 valence electrons. The number of ether oxygens (including phenoxy) is 3. The van der Waals surface area contributed by atoms with Crippen LogP contribution in [0.25, 0.3) is 0 Å². The molecule has 32 heavy (non-hydrogen) atoms. The molecular formula is C24H21ClN2O5. The molecule has 7 nitrogen and oxygen atoms in total. The first kappa shape index (κ1) is 21.5. The zero-order valence-electron chi connectivity index (χ0n) is 17.3. The number of anilines is 1. The maximum Gasteiger partial charge on any atom is 0.262 e. The zero-order valence-corrected chi connectivity index (χ0v) is 18.1. The highest BCUT2D eigenvalue weighted by Crippen LogP contribution is 2.32. The van der Waals surface area contributed by atoms with Crippen molar-refractivity contribution in [1.29, 1.82) is 0 Å². The number of halogens is 1. The summed E-state index contributed by atoms with van der Waals surface area (Å²) in [6.45, 7) is 2.14. The number of hydrogen-bond donors (Lipinski definition) is 2. The first-order valence-corrected chi connectivity index (χ1v) is 10.3. The Labute approximate surface area is 190 Å². The Morgan fingerprint density at radius 1 is 1.03 bits per heavy atom. The molecular weight excluding hydrogens is 432 g/mol. The lowest BCUT2D eigenvalue weighted by Crippen LogP contribution is -2.26. The van der Waals surface area contributed by atoms with Crippen molar-refractivity contribution in [1.82, 2.24) is 5.32 Å². The van der Waals surface area contributed by atoms with Gasteiger partial charge in [0.05, 0.1) is 11.3 Å². The molecule has 1 aliphatic rings. The monoisotopic (exact) mass is 452 g/mol. The van der Waals surface area contributed by atoms with Gasteiger partial charge in [0, 0.05) is 11.6 Å². The topological polar surface area (TPSA) is 85.9 Å². The van der Waals surface area contributed by atoms with Crippen molar-refractivity contribution in [2.75, 3.05) is 18.7 Å². The second-order valence-electron chi connectivity index (χ2n) is 7.16. The fraction of sp³-hybridized carbons (Fsp3) is 0.167. The molecule has 0 aliphatic carbocycles. The van der Waals surface area contributed by atoms with Crippen LogP contribution >= 0.6 is 11.6 Å². The van der Waals surface area contributed by atoms with Gasteiger partial charge in [-0.2, -0.15) is 0 Å². The largest absolute Gasteiger partial charge is 0.483 e. The normalized spacial score (nSPS) is 11.7. The van der Waals surface area contributed by atoms with Crippen LogP contribution in [0.15, 0.2) is 60.7 Å². The minimum atomic E-state index is -0.379. The molecule has 0 unspecified atom stereocenters. The van der Waals surface area contributed by atoms with Crippen molar-refractivity contribution in [3.8, 4) is 17.2 Å². The lowest BCUT2D eigenvalue weighted by Gasteiger charge is -2.13. The highest BCUT2D eigenvalue weighted by Gasteiger charge is 2.16. The molecule has 2 amide bonds. The van der Waals surface area contributed by atoms with E-state index in [0.29, 0.717) is 40.1 Å². The lowest BCUT2D eigenvalue weighted by molar-refractivity contribution is -0.118. The molecule has 3 aromatic carbocycles. The lowest BCUT2D eigenvalue weighted by atomic mass is 10.1. The average Bonchev–Trinajstić information content (AvgIpc) is 3.25. The summed E-state index contributed by atoms with van der Waals surface area (Å²) in [6.07, 6.45) is 0. The number of carbonyl (C=O) groups excluding carboxylic acids is 2. The van der Waals surface area contributed by atoms with Gasteiger partial charge < -0.3 is 24.8 Å². The van der Waals surface area contributed by atoms with E-state index >= 15 is 0 Å². The van der Waals surface area contributed by atoms with Crippen LogP contribution < -0.4 is 24.8 Å². The highest BCUT2D eigenvalue weighted by molar-refractivity contribution is 6.30. The summed E-state index contributed by atoms with van der Waals surface area (Å²) in [7, 11) is 0. The van der Waals surface area contributed by atoms with Crippen LogP contribution in [0.5, 0.6) is 17.2 Å². The number of carbonyl (C=O) groups is 2. The van der Waals surface area contributed by atoms with Crippen molar-refractivity contribution in [3.05, 3.63) is 82.4 Å². The first-order valence-electron chi connectivity index (χ1n) is 9.94. The van der Waals surface area contributed by atoms with Crippen LogP contribution in [-0.4, -0.2) is 25.2 Å².